The Balaban J connectivity index is 2.57. The van der Waals surface area contributed by atoms with Gasteiger partial charge in [-0.15, -0.1) is 0 Å². The molecule has 5 heteroatoms. The number of nitrogens with one attached hydrogen (secondary N) is 1. The Morgan fingerprint density at radius 3 is 2.79 bits per heavy atom. The van der Waals surface area contributed by atoms with Crippen molar-refractivity contribution in [1.29, 1.82) is 0 Å². The van der Waals surface area contributed by atoms with Gasteiger partial charge in [-0.3, -0.25) is 0 Å². The van der Waals surface area contributed by atoms with E-state index in [2.05, 4.69) is 19.2 Å². The van der Waals surface area contributed by atoms with Crippen LogP contribution in [0.15, 0.2) is 0 Å². The standard InChI is InChI=1S/C14H28N2O3/c1-11(2)13(10-19-3)15-14(18)16-8-5-4-6-12(16)7-9-17/h11-13,17H,4-10H2,1-3H3,(H,15,18)/t12-,13-/m0/s1. The van der Waals surface area contributed by atoms with Crippen molar-refractivity contribution in [3.05, 3.63) is 0 Å². The summed E-state index contributed by atoms with van der Waals surface area (Å²) in [5.74, 6) is 0.338. The third kappa shape index (κ3) is 4.99. The average Bonchev–Trinajstić information content (AvgIpc) is 2.39. The number of carbonyl (C=O) groups excluding carboxylic acids is 1. The van der Waals surface area contributed by atoms with Crippen molar-refractivity contribution in [2.75, 3.05) is 26.9 Å². The highest BCUT2D eigenvalue weighted by molar-refractivity contribution is 5.75. The molecule has 1 aliphatic heterocycles. The minimum absolute atomic E-state index is 0.0195. The molecular formula is C14H28N2O3. The second-order valence-electron chi connectivity index (χ2n) is 5.61. The molecule has 0 aromatic heterocycles. The topological polar surface area (TPSA) is 61.8 Å². The molecule has 1 heterocycles. The molecule has 2 amide bonds. The fourth-order valence-electron chi connectivity index (χ4n) is 2.54. The molecule has 1 rings (SSSR count). The zero-order valence-corrected chi connectivity index (χ0v) is 12.4. The van der Waals surface area contributed by atoms with Gasteiger partial charge in [-0.05, 0) is 31.6 Å². The lowest BCUT2D eigenvalue weighted by Gasteiger charge is -2.37. The zero-order chi connectivity index (χ0) is 14.3. The van der Waals surface area contributed by atoms with Gasteiger partial charge in [0.15, 0.2) is 0 Å². The minimum Gasteiger partial charge on any atom is -0.396 e. The fraction of sp³-hybridized carbons (Fsp3) is 0.929. The summed E-state index contributed by atoms with van der Waals surface area (Å²) < 4.78 is 5.15. The molecule has 0 spiro atoms. The maximum Gasteiger partial charge on any atom is 0.317 e. The van der Waals surface area contributed by atoms with Crippen LogP contribution in [-0.2, 0) is 4.74 Å². The van der Waals surface area contributed by atoms with Crippen molar-refractivity contribution in [3.8, 4) is 0 Å². The van der Waals surface area contributed by atoms with Crippen molar-refractivity contribution in [1.82, 2.24) is 10.2 Å². The molecule has 1 saturated heterocycles. The van der Waals surface area contributed by atoms with Gasteiger partial charge < -0.3 is 20.1 Å². The number of piperidine rings is 1. The number of urea groups is 1. The Hall–Kier alpha value is -0.810. The van der Waals surface area contributed by atoms with Crippen LogP contribution in [0.3, 0.4) is 0 Å². The molecule has 19 heavy (non-hydrogen) atoms. The van der Waals surface area contributed by atoms with Crippen molar-refractivity contribution in [2.24, 2.45) is 5.92 Å². The summed E-state index contributed by atoms with van der Waals surface area (Å²) in [6.07, 6.45) is 3.85. The maximum absolute atomic E-state index is 12.4. The van der Waals surface area contributed by atoms with Gasteiger partial charge in [0.05, 0.1) is 12.6 Å². The van der Waals surface area contributed by atoms with Crippen LogP contribution in [0.5, 0.6) is 0 Å². The van der Waals surface area contributed by atoms with Crippen LogP contribution < -0.4 is 5.32 Å². The number of aliphatic hydroxyl groups excluding tert-OH is 1. The largest absolute Gasteiger partial charge is 0.396 e. The summed E-state index contributed by atoms with van der Waals surface area (Å²) in [5.41, 5.74) is 0. The highest BCUT2D eigenvalue weighted by Gasteiger charge is 2.28. The zero-order valence-electron chi connectivity index (χ0n) is 12.4. The van der Waals surface area contributed by atoms with E-state index in [1.54, 1.807) is 7.11 Å². The first kappa shape index (κ1) is 16.2. The van der Waals surface area contributed by atoms with E-state index in [1.165, 1.54) is 0 Å². The number of ether oxygens (including phenoxy) is 1. The predicted molar refractivity (Wildman–Crippen MR) is 75.1 cm³/mol. The van der Waals surface area contributed by atoms with Crippen LogP contribution in [0, 0.1) is 5.92 Å². The molecule has 1 aliphatic rings. The highest BCUT2D eigenvalue weighted by Crippen LogP contribution is 2.19. The van der Waals surface area contributed by atoms with Crippen molar-refractivity contribution in [3.63, 3.8) is 0 Å². The van der Waals surface area contributed by atoms with Gasteiger partial charge in [0.1, 0.15) is 0 Å². The van der Waals surface area contributed by atoms with Crippen molar-refractivity contribution < 1.29 is 14.6 Å². The van der Waals surface area contributed by atoms with Crippen LogP contribution in [-0.4, -0.2) is 55.0 Å². The summed E-state index contributed by atoms with van der Waals surface area (Å²) in [7, 11) is 1.65. The lowest BCUT2D eigenvalue weighted by Crippen LogP contribution is -2.53. The van der Waals surface area contributed by atoms with E-state index >= 15 is 0 Å². The minimum atomic E-state index is -0.0195. The average molecular weight is 272 g/mol. The van der Waals surface area contributed by atoms with Gasteiger partial charge in [0, 0.05) is 26.3 Å². The molecule has 0 aliphatic carbocycles. The second-order valence-corrected chi connectivity index (χ2v) is 5.61. The number of hydrogen-bond donors (Lipinski definition) is 2. The first-order valence-electron chi connectivity index (χ1n) is 7.27. The molecule has 1 fully saturated rings. The quantitative estimate of drug-likeness (QED) is 0.772. The third-order valence-electron chi connectivity index (χ3n) is 3.81. The smallest absolute Gasteiger partial charge is 0.317 e. The van der Waals surface area contributed by atoms with E-state index in [0.717, 1.165) is 25.8 Å². The van der Waals surface area contributed by atoms with Gasteiger partial charge in [-0.2, -0.15) is 0 Å². The normalized spacial score (nSPS) is 21.5. The molecule has 2 atom stereocenters. The first-order chi connectivity index (χ1) is 9.10. The highest BCUT2D eigenvalue weighted by atomic mass is 16.5. The van der Waals surface area contributed by atoms with Crippen molar-refractivity contribution in [2.45, 2.75) is 51.6 Å². The van der Waals surface area contributed by atoms with E-state index in [4.69, 9.17) is 9.84 Å². The lowest BCUT2D eigenvalue weighted by molar-refractivity contribution is 0.113. The van der Waals surface area contributed by atoms with E-state index in [9.17, 15) is 4.79 Å². The molecule has 0 unspecified atom stereocenters. The monoisotopic (exact) mass is 272 g/mol. The number of methoxy groups -OCH3 is 1. The summed E-state index contributed by atoms with van der Waals surface area (Å²) in [6, 6.07) is 0.192. The molecule has 0 saturated carbocycles. The molecule has 5 nitrogen and oxygen atoms in total. The Labute approximate surface area is 116 Å². The Kier molecular flexibility index (Phi) is 7.16. The van der Waals surface area contributed by atoms with Crippen LogP contribution in [0.25, 0.3) is 0 Å². The van der Waals surface area contributed by atoms with Gasteiger partial charge in [-0.1, -0.05) is 13.8 Å². The molecule has 0 radical (unpaired) electrons. The Morgan fingerprint density at radius 2 is 2.21 bits per heavy atom. The maximum atomic E-state index is 12.4. The van der Waals surface area contributed by atoms with Crippen LogP contribution >= 0.6 is 0 Å². The second kappa shape index (κ2) is 8.38. The van der Waals surface area contributed by atoms with Gasteiger partial charge in [0.2, 0.25) is 0 Å². The number of amides is 2. The number of carbonyl (C=O) groups is 1. The number of rotatable bonds is 6. The molecule has 0 aromatic rings. The van der Waals surface area contributed by atoms with E-state index < -0.39 is 0 Å². The Bertz CT molecular complexity index is 269. The number of hydrogen-bond acceptors (Lipinski definition) is 3. The summed E-state index contributed by atoms with van der Waals surface area (Å²) in [4.78, 5) is 14.2. The Morgan fingerprint density at radius 1 is 1.47 bits per heavy atom. The fourth-order valence-corrected chi connectivity index (χ4v) is 2.54. The lowest BCUT2D eigenvalue weighted by atomic mass is 10.00. The van der Waals surface area contributed by atoms with Gasteiger partial charge in [0.25, 0.3) is 0 Å². The SMILES string of the molecule is COC[C@H](NC(=O)N1CCCC[C@H]1CCO)C(C)C. The van der Waals surface area contributed by atoms with Gasteiger partial charge >= 0.3 is 6.03 Å². The summed E-state index contributed by atoms with van der Waals surface area (Å²) in [6.45, 7) is 5.60. The van der Waals surface area contributed by atoms with Gasteiger partial charge in [-0.25, -0.2) is 4.79 Å². The number of aliphatic hydroxyl groups is 1. The summed E-state index contributed by atoms with van der Waals surface area (Å²) in [5, 5.41) is 12.1. The molecule has 0 bridgehead atoms. The predicted octanol–water partition coefficient (Wildman–Crippen LogP) is 1.60. The van der Waals surface area contributed by atoms with Crippen LogP contribution in [0.1, 0.15) is 39.5 Å². The van der Waals surface area contributed by atoms with Crippen LogP contribution in [0.4, 0.5) is 4.79 Å². The third-order valence-corrected chi connectivity index (χ3v) is 3.81. The summed E-state index contributed by atoms with van der Waals surface area (Å²) >= 11 is 0. The molecule has 112 valence electrons. The van der Waals surface area contributed by atoms with Crippen LogP contribution in [0.2, 0.25) is 0 Å². The van der Waals surface area contributed by atoms with Crippen molar-refractivity contribution >= 4 is 6.03 Å². The number of nitrogens with zero attached hydrogens (tertiary/aromatic N) is 1. The molecule has 0 aromatic carbocycles. The first-order valence-corrected chi connectivity index (χ1v) is 7.27. The molecule has 2 N–H and O–H groups in total. The molecular weight excluding hydrogens is 244 g/mol. The number of likely N-dealkylation sites (tertiary alicyclic amines) is 1. The van der Waals surface area contributed by atoms with E-state index in [1.807, 2.05) is 4.90 Å². The van der Waals surface area contributed by atoms with E-state index in [-0.39, 0.29) is 24.7 Å². The van der Waals surface area contributed by atoms with E-state index in [0.29, 0.717) is 18.9 Å².